The van der Waals surface area contributed by atoms with Crippen LogP contribution < -0.4 is 15.8 Å². The van der Waals surface area contributed by atoms with Gasteiger partial charge >= 0.3 is 0 Å². The maximum absolute atomic E-state index is 11.4. The number of hydrogen-bond donors (Lipinski definition) is 2. The van der Waals surface area contributed by atoms with Gasteiger partial charge < -0.3 is 15.8 Å². The van der Waals surface area contributed by atoms with E-state index in [2.05, 4.69) is 5.32 Å². The van der Waals surface area contributed by atoms with E-state index in [1.54, 1.807) is 25.1 Å². The highest BCUT2D eigenvalue weighted by atomic mass is 35.5. The molecule has 3 N–H and O–H groups in total. The first-order chi connectivity index (χ1) is 7.52. The van der Waals surface area contributed by atoms with Gasteiger partial charge in [-0.3, -0.25) is 4.79 Å². The smallest absolute Gasteiger partial charge is 0.225 e. The van der Waals surface area contributed by atoms with E-state index in [1.165, 1.54) is 7.11 Å². The molecule has 0 aromatic heterocycles. The first kappa shape index (κ1) is 16.0. The highest BCUT2D eigenvalue weighted by molar-refractivity contribution is 6.32. The van der Waals surface area contributed by atoms with Crippen LogP contribution in [0, 0.1) is 0 Å². The minimum absolute atomic E-state index is 0. The number of carbonyl (C=O) groups excluding carboxylic acids is 1. The molecule has 0 spiro atoms. The molecule has 1 atom stereocenters. The van der Waals surface area contributed by atoms with Gasteiger partial charge in [-0.1, -0.05) is 11.6 Å². The van der Waals surface area contributed by atoms with Crippen LogP contribution in [-0.4, -0.2) is 19.1 Å². The highest BCUT2D eigenvalue weighted by Crippen LogP contribution is 2.27. The van der Waals surface area contributed by atoms with Crippen molar-refractivity contribution in [1.82, 2.24) is 0 Å². The number of methoxy groups -OCH3 is 1. The molecule has 0 saturated heterocycles. The van der Waals surface area contributed by atoms with Crippen LogP contribution in [0.3, 0.4) is 0 Å². The Bertz CT molecular complexity index is 384. The lowest BCUT2D eigenvalue weighted by atomic mass is 10.2. The van der Waals surface area contributed by atoms with Crippen LogP contribution in [0.15, 0.2) is 18.2 Å². The van der Waals surface area contributed by atoms with Crippen molar-refractivity contribution in [2.45, 2.75) is 19.4 Å². The molecule has 0 fully saturated rings. The number of benzene rings is 1. The van der Waals surface area contributed by atoms with E-state index in [-0.39, 0.29) is 30.8 Å². The third-order valence-corrected chi connectivity index (χ3v) is 2.24. The Kier molecular flexibility index (Phi) is 6.95. The van der Waals surface area contributed by atoms with Crippen molar-refractivity contribution in [1.29, 1.82) is 0 Å². The van der Waals surface area contributed by atoms with Crippen LogP contribution in [0.4, 0.5) is 5.69 Å². The average molecular weight is 279 g/mol. The normalized spacial score (nSPS) is 11.3. The number of nitrogens with one attached hydrogen (secondary N) is 1. The summed E-state index contributed by atoms with van der Waals surface area (Å²) in [6.45, 7) is 1.78. The van der Waals surface area contributed by atoms with Crippen molar-refractivity contribution < 1.29 is 9.53 Å². The monoisotopic (exact) mass is 278 g/mol. The van der Waals surface area contributed by atoms with E-state index < -0.39 is 0 Å². The number of anilines is 1. The minimum Gasteiger partial charge on any atom is -0.495 e. The Morgan fingerprint density at radius 3 is 2.71 bits per heavy atom. The lowest BCUT2D eigenvalue weighted by molar-refractivity contribution is -0.116. The van der Waals surface area contributed by atoms with Crippen LogP contribution in [-0.2, 0) is 4.79 Å². The van der Waals surface area contributed by atoms with Gasteiger partial charge in [-0.15, -0.1) is 12.4 Å². The standard InChI is InChI=1S/C11H15ClN2O2.ClH/c1-7(13)5-11(15)14-8-3-4-10(16-2)9(12)6-8;/h3-4,6-7H,5,13H2,1-2H3,(H,14,15);1H. The Balaban J connectivity index is 0.00000256. The summed E-state index contributed by atoms with van der Waals surface area (Å²) in [4.78, 5) is 11.4. The van der Waals surface area contributed by atoms with Gasteiger partial charge in [0.25, 0.3) is 0 Å². The topological polar surface area (TPSA) is 64.3 Å². The molecule has 1 rings (SSSR count). The molecule has 0 saturated carbocycles. The van der Waals surface area contributed by atoms with Crippen molar-refractivity contribution in [2.75, 3.05) is 12.4 Å². The maximum Gasteiger partial charge on any atom is 0.225 e. The lowest BCUT2D eigenvalue weighted by Gasteiger charge is -2.09. The number of hydrogen-bond acceptors (Lipinski definition) is 3. The second-order valence-electron chi connectivity index (χ2n) is 3.58. The summed E-state index contributed by atoms with van der Waals surface area (Å²) in [6, 6.07) is 4.90. The van der Waals surface area contributed by atoms with Crippen molar-refractivity contribution in [2.24, 2.45) is 5.73 Å². The number of carbonyl (C=O) groups is 1. The number of rotatable bonds is 4. The molecule has 4 nitrogen and oxygen atoms in total. The van der Waals surface area contributed by atoms with Crippen LogP contribution >= 0.6 is 24.0 Å². The molecule has 17 heavy (non-hydrogen) atoms. The zero-order valence-electron chi connectivity index (χ0n) is 9.70. The number of halogens is 2. The molecule has 0 bridgehead atoms. The van der Waals surface area contributed by atoms with Gasteiger partial charge in [0.1, 0.15) is 5.75 Å². The van der Waals surface area contributed by atoms with E-state index in [0.717, 1.165) is 0 Å². The molecule has 96 valence electrons. The summed E-state index contributed by atoms with van der Waals surface area (Å²) in [7, 11) is 1.54. The van der Waals surface area contributed by atoms with Gasteiger partial charge in [-0.25, -0.2) is 0 Å². The first-order valence-electron chi connectivity index (χ1n) is 4.92. The fraction of sp³-hybridized carbons (Fsp3) is 0.364. The fourth-order valence-electron chi connectivity index (χ4n) is 1.25. The highest BCUT2D eigenvalue weighted by Gasteiger charge is 2.07. The zero-order valence-corrected chi connectivity index (χ0v) is 11.3. The molecule has 0 aliphatic carbocycles. The molecular weight excluding hydrogens is 263 g/mol. The predicted octanol–water partition coefficient (Wildman–Crippen LogP) is 2.45. The van der Waals surface area contributed by atoms with Gasteiger partial charge in [-0.05, 0) is 25.1 Å². The third-order valence-electron chi connectivity index (χ3n) is 1.94. The van der Waals surface area contributed by atoms with Crippen molar-refractivity contribution in [3.8, 4) is 5.75 Å². The Labute approximate surface area is 112 Å². The minimum atomic E-state index is -0.159. The van der Waals surface area contributed by atoms with E-state index >= 15 is 0 Å². The summed E-state index contributed by atoms with van der Waals surface area (Å²) in [5, 5.41) is 3.17. The first-order valence-corrected chi connectivity index (χ1v) is 5.29. The fourth-order valence-corrected chi connectivity index (χ4v) is 1.51. The second kappa shape index (κ2) is 7.37. The molecule has 6 heteroatoms. The number of amides is 1. The predicted molar refractivity (Wildman–Crippen MR) is 72.1 cm³/mol. The molecule has 1 unspecified atom stereocenters. The Morgan fingerprint density at radius 2 is 2.24 bits per heavy atom. The summed E-state index contributed by atoms with van der Waals surface area (Å²) in [5.41, 5.74) is 6.15. The quantitative estimate of drug-likeness (QED) is 0.889. The van der Waals surface area contributed by atoms with Crippen molar-refractivity contribution in [3.05, 3.63) is 23.2 Å². The van der Waals surface area contributed by atoms with Gasteiger partial charge in [0.05, 0.1) is 12.1 Å². The zero-order chi connectivity index (χ0) is 12.1. The van der Waals surface area contributed by atoms with Gasteiger partial charge in [0.15, 0.2) is 0 Å². The molecular formula is C11H16Cl2N2O2. The largest absolute Gasteiger partial charge is 0.495 e. The van der Waals surface area contributed by atoms with E-state index in [1.807, 2.05) is 0 Å². The maximum atomic E-state index is 11.4. The molecule has 0 aliphatic heterocycles. The van der Waals surface area contributed by atoms with E-state index in [9.17, 15) is 4.79 Å². The summed E-state index contributed by atoms with van der Waals surface area (Å²) in [5.74, 6) is 0.447. The van der Waals surface area contributed by atoms with Crippen molar-refractivity contribution in [3.63, 3.8) is 0 Å². The molecule has 1 aromatic rings. The average Bonchev–Trinajstić information content (AvgIpc) is 2.16. The van der Waals surface area contributed by atoms with E-state index in [0.29, 0.717) is 16.5 Å². The van der Waals surface area contributed by atoms with E-state index in [4.69, 9.17) is 22.1 Å². The molecule has 0 heterocycles. The summed E-state index contributed by atoms with van der Waals surface area (Å²) >= 11 is 5.92. The van der Waals surface area contributed by atoms with Crippen LogP contribution in [0.1, 0.15) is 13.3 Å². The molecule has 0 radical (unpaired) electrons. The molecule has 0 aliphatic rings. The summed E-state index contributed by atoms with van der Waals surface area (Å²) < 4.78 is 5.00. The van der Waals surface area contributed by atoms with Gasteiger partial charge in [0, 0.05) is 18.2 Å². The van der Waals surface area contributed by atoms with Gasteiger partial charge in [-0.2, -0.15) is 0 Å². The van der Waals surface area contributed by atoms with Crippen LogP contribution in [0.2, 0.25) is 5.02 Å². The number of ether oxygens (including phenoxy) is 1. The Morgan fingerprint density at radius 1 is 1.59 bits per heavy atom. The van der Waals surface area contributed by atoms with Gasteiger partial charge in [0.2, 0.25) is 5.91 Å². The van der Waals surface area contributed by atoms with Crippen molar-refractivity contribution >= 4 is 35.6 Å². The Hall–Kier alpha value is -0.970. The second-order valence-corrected chi connectivity index (χ2v) is 3.99. The van der Waals surface area contributed by atoms with Crippen LogP contribution in [0.5, 0.6) is 5.75 Å². The molecule has 1 aromatic carbocycles. The molecule has 1 amide bonds. The lowest BCUT2D eigenvalue weighted by Crippen LogP contribution is -2.23. The third kappa shape index (κ3) is 5.26. The number of nitrogens with two attached hydrogens (primary N) is 1. The summed E-state index contributed by atoms with van der Waals surface area (Å²) in [6.07, 6.45) is 0.281. The SMILES string of the molecule is COc1ccc(NC(=O)CC(C)N)cc1Cl.Cl. The van der Waals surface area contributed by atoms with Crippen LogP contribution in [0.25, 0.3) is 0 Å².